The van der Waals surface area contributed by atoms with Gasteiger partial charge in [0.05, 0.1) is 11.1 Å². The van der Waals surface area contributed by atoms with Gasteiger partial charge >= 0.3 is 6.18 Å². The van der Waals surface area contributed by atoms with Crippen molar-refractivity contribution < 1.29 is 17.9 Å². The minimum absolute atomic E-state index is 0.202. The number of fused-ring (bicyclic) bond motifs is 1. The number of rotatable bonds is 5. The summed E-state index contributed by atoms with van der Waals surface area (Å²) in [6.07, 6.45) is -4.44. The number of anilines is 3. The largest absolute Gasteiger partial charge is 0.456 e. The van der Waals surface area contributed by atoms with Crippen LogP contribution in [0.2, 0.25) is 0 Å². The first-order valence-electron chi connectivity index (χ1n) is 10.2. The van der Waals surface area contributed by atoms with E-state index in [-0.39, 0.29) is 11.6 Å². The van der Waals surface area contributed by atoms with Crippen LogP contribution in [0, 0.1) is 0 Å². The molecule has 3 aromatic carbocycles. The molecule has 0 radical (unpaired) electrons. The number of halogens is 3. The lowest BCUT2D eigenvalue weighted by molar-refractivity contribution is -0.137. The molecule has 0 atom stereocenters. The molecule has 5 rings (SSSR count). The summed E-state index contributed by atoms with van der Waals surface area (Å²) in [5.74, 6) is 2.06. The van der Waals surface area contributed by atoms with Gasteiger partial charge in [0.2, 0.25) is 5.95 Å². The van der Waals surface area contributed by atoms with Crippen molar-refractivity contribution in [2.45, 2.75) is 6.18 Å². The first kappa shape index (κ1) is 21.3. The van der Waals surface area contributed by atoms with Crippen molar-refractivity contribution in [3.05, 3.63) is 84.4 Å². The van der Waals surface area contributed by atoms with E-state index in [1.54, 1.807) is 30.3 Å². The lowest BCUT2D eigenvalue weighted by atomic mass is 10.2. The third kappa shape index (κ3) is 4.46. The molecule has 7 nitrogen and oxygen atoms in total. The number of nitrogens with two attached hydrogens (primary N) is 1. The van der Waals surface area contributed by atoms with Crippen LogP contribution in [0.1, 0.15) is 5.56 Å². The number of aromatic nitrogens is 4. The van der Waals surface area contributed by atoms with Gasteiger partial charge in [0.25, 0.3) is 0 Å². The Hall–Kier alpha value is -4.60. The molecule has 0 bridgehead atoms. The predicted molar refractivity (Wildman–Crippen MR) is 123 cm³/mol. The van der Waals surface area contributed by atoms with Crippen LogP contribution in [-0.2, 0) is 6.18 Å². The molecule has 2 aromatic heterocycles. The lowest BCUT2D eigenvalue weighted by Gasteiger charge is -2.10. The van der Waals surface area contributed by atoms with Gasteiger partial charge in [-0.25, -0.2) is 4.98 Å². The van der Waals surface area contributed by atoms with E-state index in [1.165, 1.54) is 12.1 Å². The van der Waals surface area contributed by atoms with Gasteiger partial charge in [0.15, 0.2) is 5.82 Å². The van der Waals surface area contributed by atoms with Gasteiger partial charge in [-0.3, -0.25) is 0 Å². The number of nitrogen functional groups attached to an aromatic ring is 1. The van der Waals surface area contributed by atoms with E-state index in [1.807, 2.05) is 24.3 Å². The van der Waals surface area contributed by atoms with Crippen molar-refractivity contribution in [1.82, 2.24) is 20.2 Å². The summed E-state index contributed by atoms with van der Waals surface area (Å²) >= 11 is 0. The number of H-pyrrole nitrogens is 1. The van der Waals surface area contributed by atoms with E-state index < -0.39 is 11.7 Å². The van der Waals surface area contributed by atoms with Crippen molar-refractivity contribution in [3.63, 3.8) is 0 Å². The summed E-state index contributed by atoms with van der Waals surface area (Å²) in [5, 5.41) is 11.7. The highest BCUT2D eigenvalue weighted by atomic mass is 19.4. The Morgan fingerprint density at radius 1 is 0.882 bits per heavy atom. The van der Waals surface area contributed by atoms with E-state index >= 15 is 0 Å². The first-order valence-corrected chi connectivity index (χ1v) is 10.2. The van der Waals surface area contributed by atoms with Crippen LogP contribution < -0.4 is 15.8 Å². The fraction of sp³-hybridized carbons (Fsp3) is 0.0417. The molecule has 0 saturated carbocycles. The molecule has 0 fully saturated rings. The van der Waals surface area contributed by atoms with E-state index in [0.29, 0.717) is 34.2 Å². The molecule has 0 amide bonds. The van der Waals surface area contributed by atoms with Gasteiger partial charge < -0.3 is 20.8 Å². The summed E-state index contributed by atoms with van der Waals surface area (Å²) in [6, 6.07) is 21.1. The molecule has 170 valence electrons. The molecule has 0 spiro atoms. The highest BCUT2D eigenvalue weighted by Crippen LogP contribution is 2.33. The monoisotopic (exact) mass is 462 g/mol. The second-order valence-electron chi connectivity index (χ2n) is 7.42. The van der Waals surface area contributed by atoms with Crippen LogP contribution in [0.4, 0.5) is 30.6 Å². The maximum Gasteiger partial charge on any atom is 0.416 e. The molecule has 0 aliphatic heterocycles. The average Bonchev–Trinajstić information content (AvgIpc) is 3.27. The Morgan fingerprint density at radius 2 is 1.71 bits per heavy atom. The summed E-state index contributed by atoms with van der Waals surface area (Å²) in [4.78, 5) is 7.27. The third-order valence-electron chi connectivity index (χ3n) is 4.97. The van der Waals surface area contributed by atoms with Gasteiger partial charge in [-0.15, -0.1) is 10.2 Å². The molecule has 0 saturated heterocycles. The highest BCUT2D eigenvalue weighted by Gasteiger charge is 2.30. The number of nitrogens with one attached hydrogen (secondary N) is 2. The summed E-state index contributed by atoms with van der Waals surface area (Å²) in [5.41, 5.74) is 6.78. The minimum atomic E-state index is -4.44. The second kappa shape index (κ2) is 8.39. The zero-order valence-corrected chi connectivity index (χ0v) is 17.5. The van der Waals surface area contributed by atoms with E-state index in [0.717, 1.165) is 17.5 Å². The maximum absolute atomic E-state index is 12.9. The van der Waals surface area contributed by atoms with Crippen molar-refractivity contribution in [3.8, 4) is 22.9 Å². The molecule has 2 heterocycles. The van der Waals surface area contributed by atoms with Gasteiger partial charge in [-0.05, 0) is 42.5 Å². The molecule has 4 N–H and O–H groups in total. The lowest BCUT2D eigenvalue weighted by Crippen LogP contribution is -2.05. The Balaban J connectivity index is 1.38. The van der Waals surface area contributed by atoms with E-state index in [4.69, 9.17) is 10.5 Å². The zero-order chi connectivity index (χ0) is 23.7. The molecular formula is C24H17F3N6O. The van der Waals surface area contributed by atoms with Crippen molar-refractivity contribution >= 4 is 28.4 Å². The molecule has 0 unspecified atom stereocenters. The minimum Gasteiger partial charge on any atom is -0.456 e. The van der Waals surface area contributed by atoms with Crippen molar-refractivity contribution in [2.75, 3.05) is 11.1 Å². The Labute approximate surface area is 191 Å². The molecule has 0 aliphatic rings. The number of pyridine rings is 1. The van der Waals surface area contributed by atoms with Crippen molar-refractivity contribution in [1.29, 1.82) is 0 Å². The average molecular weight is 462 g/mol. The van der Waals surface area contributed by atoms with Gasteiger partial charge in [-0.2, -0.15) is 13.2 Å². The number of nitrogens with zero attached hydrogens (tertiary/aromatic N) is 3. The standard InChI is InChI=1S/C24H17F3N6O/c25-24(26,27)15-6-4-7-16(12-15)29-23-31-22(32-33-23)14-5-3-8-17(11-14)34-20-13-21(28)30-19-10-2-1-9-18(19)20/h1-13H,(H2,28,30)(H2,29,31,32,33). The number of benzene rings is 3. The number of hydrogen-bond acceptors (Lipinski definition) is 6. The van der Waals surface area contributed by atoms with Gasteiger partial charge in [0.1, 0.15) is 17.3 Å². The molecular weight excluding hydrogens is 445 g/mol. The fourth-order valence-corrected chi connectivity index (χ4v) is 3.44. The first-order chi connectivity index (χ1) is 16.3. The Kier molecular flexibility index (Phi) is 5.25. The molecule has 0 aliphatic carbocycles. The normalized spacial score (nSPS) is 11.5. The zero-order valence-electron chi connectivity index (χ0n) is 17.5. The van der Waals surface area contributed by atoms with E-state index in [2.05, 4.69) is 25.5 Å². The Bertz CT molecular complexity index is 1480. The van der Waals surface area contributed by atoms with E-state index in [9.17, 15) is 13.2 Å². The number of alkyl halides is 3. The van der Waals surface area contributed by atoms with Crippen LogP contribution in [0.25, 0.3) is 22.3 Å². The van der Waals surface area contributed by atoms with Crippen LogP contribution in [0.15, 0.2) is 78.9 Å². The van der Waals surface area contributed by atoms with Crippen LogP contribution >= 0.6 is 0 Å². The topological polar surface area (TPSA) is 102 Å². The van der Waals surface area contributed by atoms with Gasteiger partial charge in [0, 0.05) is 22.7 Å². The third-order valence-corrected chi connectivity index (χ3v) is 4.97. The molecule has 34 heavy (non-hydrogen) atoms. The van der Waals surface area contributed by atoms with Crippen LogP contribution in [-0.4, -0.2) is 20.2 Å². The smallest absolute Gasteiger partial charge is 0.416 e. The number of para-hydroxylation sites is 1. The predicted octanol–water partition coefficient (Wildman–Crippen LogP) is 6.16. The SMILES string of the molecule is Nc1cc(Oc2cccc(-c3nnc(Nc4cccc(C(F)(F)F)c4)[nH]3)c2)c2ccccc2n1. The van der Waals surface area contributed by atoms with Crippen LogP contribution in [0.5, 0.6) is 11.5 Å². The summed E-state index contributed by atoms with van der Waals surface area (Å²) in [6.45, 7) is 0. The maximum atomic E-state index is 12.9. The molecule has 5 aromatic rings. The Morgan fingerprint density at radius 3 is 2.56 bits per heavy atom. The van der Waals surface area contributed by atoms with Crippen molar-refractivity contribution in [2.24, 2.45) is 0 Å². The second-order valence-corrected chi connectivity index (χ2v) is 7.42. The quantitative estimate of drug-likeness (QED) is 0.289. The summed E-state index contributed by atoms with van der Waals surface area (Å²) < 4.78 is 44.9. The molecule has 10 heteroatoms. The number of hydrogen-bond donors (Lipinski definition) is 3. The number of ether oxygens (including phenoxy) is 1. The van der Waals surface area contributed by atoms with Crippen LogP contribution in [0.3, 0.4) is 0 Å². The number of aromatic amines is 1. The van der Waals surface area contributed by atoms with Gasteiger partial charge in [-0.1, -0.05) is 30.3 Å². The summed E-state index contributed by atoms with van der Waals surface area (Å²) in [7, 11) is 0. The fourth-order valence-electron chi connectivity index (χ4n) is 3.44. The highest BCUT2D eigenvalue weighted by molar-refractivity contribution is 5.87.